The molecule has 0 saturated heterocycles. The van der Waals surface area contributed by atoms with Gasteiger partial charge in [0.25, 0.3) is 0 Å². The molecule has 0 bridgehead atoms. The van der Waals surface area contributed by atoms with Crippen molar-refractivity contribution < 1.29 is 0 Å². The first-order valence-electron chi connectivity index (χ1n) is 6.86. The van der Waals surface area contributed by atoms with Crippen LogP contribution < -0.4 is 5.32 Å². The summed E-state index contributed by atoms with van der Waals surface area (Å²) >= 11 is 0. The van der Waals surface area contributed by atoms with Gasteiger partial charge in [0.2, 0.25) is 0 Å². The van der Waals surface area contributed by atoms with E-state index in [-0.39, 0.29) is 6.04 Å². The molecule has 0 spiro atoms. The zero-order chi connectivity index (χ0) is 14.1. The van der Waals surface area contributed by atoms with Crippen LogP contribution in [0.3, 0.4) is 0 Å². The number of aryl methyl sites for hydroxylation is 2. The molecule has 5 heteroatoms. The summed E-state index contributed by atoms with van der Waals surface area (Å²) in [6.45, 7) is 3.02. The van der Waals surface area contributed by atoms with Crippen molar-refractivity contribution >= 4 is 10.9 Å². The fourth-order valence-electron chi connectivity index (χ4n) is 2.69. The third-order valence-corrected chi connectivity index (χ3v) is 3.70. The van der Waals surface area contributed by atoms with Crippen LogP contribution in [0.5, 0.6) is 0 Å². The lowest BCUT2D eigenvalue weighted by Crippen LogP contribution is -2.22. The van der Waals surface area contributed by atoms with Crippen LogP contribution in [0, 0.1) is 0 Å². The Labute approximate surface area is 118 Å². The molecule has 104 valence electrons. The van der Waals surface area contributed by atoms with E-state index >= 15 is 0 Å². The average molecular weight is 269 g/mol. The first-order valence-corrected chi connectivity index (χ1v) is 6.86. The van der Waals surface area contributed by atoms with Crippen LogP contribution in [0.1, 0.15) is 24.5 Å². The molecule has 3 rings (SSSR count). The Hall–Kier alpha value is -2.14. The largest absolute Gasteiger partial charge is 0.334 e. The molecule has 0 aliphatic heterocycles. The Balaban J connectivity index is 2.17. The summed E-state index contributed by atoms with van der Waals surface area (Å²) in [6, 6.07) is 8.28. The second kappa shape index (κ2) is 5.09. The Kier molecular flexibility index (Phi) is 3.28. The minimum absolute atomic E-state index is 0.00366. The molecular formula is C15H19N5. The van der Waals surface area contributed by atoms with Gasteiger partial charge in [-0.1, -0.05) is 18.2 Å². The van der Waals surface area contributed by atoms with Gasteiger partial charge in [-0.2, -0.15) is 5.10 Å². The second-order valence-electron chi connectivity index (χ2n) is 4.82. The Morgan fingerprint density at radius 1 is 1.30 bits per heavy atom. The highest BCUT2D eigenvalue weighted by atomic mass is 15.3. The van der Waals surface area contributed by atoms with Crippen LogP contribution in [0.2, 0.25) is 0 Å². The summed E-state index contributed by atoms with van der Waals surface area (Å²) in [5.41, 5.74) is 2.16. The van der Waals surface area contributed by atoms with Crippen molar-refractivity contribution in [2.75, 3.05) is 7.05 Å². The van der Waals surface area contributed by atoms with E-state index in [1.165, 1.54) is 5.39 Å². The Morgan fingerprint density at radius 2 is 2.10 bits per heavy atom. The summed E-state index contributed by atoms with van der Waals surface area (Å²) in [5.74, 6) is 0.999. The number of nitrogens with zero attached hydrogens (tertiary/aromatic N) is 4. The van der Waals surface area contributed by atoms with Gasteiger partial charge in [-0.15, -0.1) is 0 Å². The van der Waals surface area contributed by atoms with Crippen LogP contribution >= 0.6 is 0 Å². The first-order chi connectivity index (χ1) is 9.76. The van der Waals surface area contributed by atoms with E-state index < -0.39 is 0 Å². The van der Waals surface area contributed by atoms with Gasteiger partial charge in [0.05, 0.1) is 11.2 Å². The molecule has 2 aromatic heterocycles. The lowest BCUT2D eigenvalue weighted by atomic mass is 10.1. The number of hydrogen-bond donors (Lipinski definition) is 1. The van der Waals surface area contributed by atoms with E-state index in [4.69, 9.17) is 5.10 Å². The fraction of sp³-hybridized carbons (Fsp3) is 0.333. The van der Waals surface area contributed by atoms with E-state index in [1.54, 1.807) is 0 Å². The SMILES string of the molecule is CCn1ccnc1C(NC)c1nn(C)c2ccccc12. The van der Waals surface area contributed by atoms with E-state index in [9.17, 15) is 0 Å². The average Bonchev–Trinajstić information content (AvgIpc) is 3.07. The summed E-state index contributed by atoms with van der Waals surface area (Å²) in [6.07, 6.45) is 3.85. The number of imidazole rings is 1. The van der Waals surface area contributed by atoms with Gasteiger partial charge in [-0.25, -0.2) is 4.98 Å². The molecule has 1 atom stereocenters. The summed E-state index contributed by atoms with van der Waals surface area (Å²) < 4.78 is 4.07. The van der Waals surface area contributed by atoms with Crippen molar-refractivity contribution in [3.63, 3.8) is 0 Å². The standard InChI is InChI=1S/C15H19N5/c1-4-20-10-9-17-15(20)14(16-2)13-11-7-5-6-8-12(11)19(3)18-13/h5-10,14,16H,4H2,1-3H3. The monoisotopic (exact) mass is 269 g/mol. The van der Waals surface area contributed by atoms with E-state index in [1.807, 2.05) is 43.3 Å². The van der Waals surface area contributed by atoms with Gasteiger partial charge < -0.3 is 9.88 Å². The molecule has 0 radical (unpaired) electrons. The van der Waals surface area contributed by atoms with Gasteiger partial charge in [0.1, 0.15) is 11.9 Å². The maximum absolute atomic E-state index is 4.69. The van der Waals surface area contributed by atoms with Crippen molar-refractivity contribution in [1.82, 2.24) is 24.6 Å². The Bertz CT molecular complexity index is 725. The molecular weight excluding hydrogens is 250 g/mol. The maximum atomic E-state index is 4.69. The molecule has 1 aromatic carbocycles. The number of aromatic nitrogens is 4. The topological polar surface area (TPSA) is 47.7 Å². The smallest absolute Gasteiger partial charge is 0.132 e. The predicted molar refractivity (Wildman–Crippen MR) is 79.5 cm³/mol. The number of fused-ring (bicyclic) bond motifs is 1. The quantitative estimate of drug-likeness (QED) is 0.789. The molecule has 0 saturated carbocycles. The van der Waals surface area contributed by atoms with Crippen LogP contribution in [0.4, 0.5) is 0 Å². The molecule has 0 fully saturated rings. The van der Waals surface area contributed by atoms with Crippen molar-refractivity contribution in [1.29, 1.82) is 0 Å². The minimum atomic E-state index is -0.00366. The van der Waals surface area contributed by atoms with Crippen LogP contribution in [-0.2, 0) is 13.6 Å². The van der Waals surface area contributed by atoms with Crippen molar-refractivity contribution in [3.8, 4) is 0 Å². The highest BCUT2D eigenvalue weighted by Gasteiger charge is 2.22. The number of hydrogen-bond acceptors (Lipinski definition) is 3. The lowest BCUT2D eigenvalue weighted by Gasteiger charge is -2.15. The number of para-hydroxylation sites is 1. The van der Waals surface area contributed by atoms with Gasteiger partial charge in [-0.05, 0) is 20.0 Å². The number of benzene rings is 1. The highest BCUT2D eigenvalue weighted by Crippen LogP contribution is 2.26. The molecule has 0 amide bonds. The number of nitrogens with one attached hydrogen (secondary N) is 1. The highest BCUT2D eigenvalue weighted by molar-refractivity contribution is 5.82. The Morgan fingerprint density at radius 3 is 2.85 bits per heavy atom. The van der Waals surface area contributed by atoms with E-state index in [2.05, 4.69) is 33.9 Å². The van der Waals surface area contributed by atoms with Gasteiger partial charge in [0, 0.05) is 31.4 Å². The molecule has 2 heterocycles. The molecule has 0 aliphatic rings. The summed E-state index contributed by atoms with van der Waals surface area (Å²) in [4.78, 5) is 4.50. The second-order valence-corrected chi connectivity index (χ2v) is 4.82. The van der Waals surface area contributed by atoms with E-state index in [0.717, 1.165) is 23.6 Å². The third kappa shape index (κ3) is 1.91. The van der Waals surface area contributed by atoms with Crippen LogP contribution in [0.25, 0.3) is 10.9 Å². The zero-order valence-corrected chi connectivity index (χ0v) is 12.0. The van der Waals surface area contributed by atoms with Crippen LogP contribution in [0.15, 0.2) is 36.7 Å². The molecule has 1 unspecified atom stereocenters. The minimum Gasteiger partial charge on any atom is -0.334 e. The van der Waals surface area contributed by atoms with Crippen molar-refractivity contribution in [3.05, 3.63) is 48.2 Å². The van der Waals surface area contributed by atoms with Gasteiger partial charge in [0.15, 0.2) is 0 Å². The summed E-state index contributed by atoms with van der Waals surface area (Å²) in [7, 11) is 3.92. The van der Waals surface area contributed by atoms with Crippen LogP contribution in [-0.4, -0.2) is 26.4 Å². The predicted octanol–water partition coefficient (Wildman–Crippen LogP) is 2.10. The van der Waals surface area contributed by atoms with E-state index in [0.29, 0.717) is 0 Å². The zero-order valence-electron chi connectivity index (χ0n) is 12.0. The van der Waals surface area contributed by atoms with Crippen molar-refractivity contribution in [2.24, 2.45) is 7.05 Å². The lowest BCUT2D eigenvalue weighted by molar-refractivity contribution is 0.572. The molecule has 3 aromatic rings. The van der Waals surface area contributed by atoms with Gasteiger partial charge >= 0.3 is 0 Å². The van der Waals surface area contributed by atoms with Crippen molar-refractivity contribution in [2.45, 2.75) is 19.5 Å². The third-order valence-electron chi connectivity index (χ3n) is 3.70. The normalized spacial score (nSPS) is 12.9. The molecule has 5 nitrogen and oxygen atoms in total. The maximum Gasteiger partial charge on any atom is 0.132 e. The summed E-state index contributed by atoms with van der Waals surface area (Å²) in [5, 5.41) is 9.20. The van der Waals surface area contributed by atoms with Gasteiger partial charge in [-0.3, -0.25) is 4.68 Å². The fourth-order valence-corrected chi connectivity index (χ4v) is 2.69. The molecule has 0 aliphatic carbocycles. The first kappa shape index (κ1) is 12.9. The number of rotatable bonds is 4. The molecule has 1 N–H and O–H groups in total. The molecule has 20 heavy (non-hydrogen) atoms.